The molecule has 1 heterocycles. The highest BCUT2D eigenvalue weighted by Crippen LogP contribution is 2.37. The van der Waals surface area contributed by atoms with Crippen LogP contribution in [0.5, 0.6) is 0 Å². The summed E-state index contributed by atoms with van der Waals surface area (Å²) in [6, 6.07) is 17.4. The molecular weight excluding hydrogens is 258 g/mol. The topological polar surface area (TPSA) is 32.5 Å². The number of aryl methyl sites for hydroxylation is 1. The largest absolute Gasteiger partial charge is 0.371 e. The summed E-state index contributed by atoms with van der Waals surface area (Å²) >= 11 is 0. The second-order valence-electron chi connectivity index (χ2n) is 5.71. The molecule has 2 aromatic carbocycles. The van der Waals surface area contributed by atoms with Gasteiger partial charge in [0.1, 0.15) is 0 Å². The Morgan fingerprint density at radius 3 is 2.38 bits per heavy atom. The average molecular weight is 281 g/mol. The summed E-state index contributed by atoms with van der Waals surface area (Å²) in [5.74, 6) is 0. The first-order valence-corrected chi connectivity index (χ1v) is 7.54. The van der Waals surface area contributed by atoms with Crippen LogP contribution in [0.15, 0.2) is 48.5 Å². The van der Waals surface area contributed by atoms with E-state index in [4.69, 9.17) is 5.73 Å². The molecule has 3 rings (SSSR count). The second kappa shape index (κ2) is 5.78. The fourth-order valence-corrected chi connectivity index (χ4v) is 3.23. The van der Waals surface area contributed by atoms with Crippen LogP contribution in [0.1, 0.15) is 17.2 Å². The maximum absolute atomic E-state index is 6.14. The van der Waals surface area contributed by atoms with Gasteiger partial charge in [0.15, 0.2) is 0 Å². The Bertz CT molecular complexity index is 623. The molecule has 0 aliphatic carbocycles. The Morgan fingerprint density at radius 2 is 1.67 bits per heavy atom. The smallest absolute Gasteiger partial charge is 0.0668 e. The van der Waals surface area contributed by atoms with E-state index in [1.807, 2.05) is 0 Å². The molecule has 110 valence electrons. The van der Waals surface area contributed by atoms with Gasteiger partial charge in [-0.25, -0.2) is 0 Å². The first-order valence-electron chi connectivity index (χ1n) is 7.54. The van der Waals surface area contributed by atoms with Crippen molar-refractivity contribution in [1.82, 2.24) is 0 Å². The van der Waals surface area contributed by atoms with Crippen molar-refractivity contribution in [3.05, 3.63) is 59.7 Å². The SMILES string of the molecule is Cc1ccccc1C(CN)N1CCN(C)c2ccccc21. The molecular formula is C18H23N3. The molecule has 0 spiro atoms. The molecule has 0 fully saturated rings. The van der Waals surface area contributed by atoms with Gasteiger partial charge in [-0.3, -0.25) is 0 Å². The van der Waals surface area contributed by atoms with Gasteiger partial charge in [0.05, 0.1) is 17.4 Å². The molecule has 3 nitrogen and oxygen atoms in total. The molecule has 0 radical (unpaired) electrons. The van der Waals surface area contributed by atoms with E-state index >= 15 is 0 Å². The Morgan fingerprint density at radius 1 is 1.00 bits per heavy atom. The van der Waals surface area contributed by atoms with Crippen LogP contribution in [0.25, 0.3) is 0 Å². The third-order valence-corrected chi connectivity index (χ3v) is 4.43. The molecule has 2 N–H and O–H groups in total. The van der Waals surface area contributed by atoms with Crippen molar-refractivity contribution >= 4 is 11.4 Å². The molecule has 2 aromatic rings. The third kappa shape index (κ3) is 2.49. The summed E-state index contributed by atoms with van der Waals surface area (Å²) in [6.45, 7) is 4.83. The Balaban J connectivity index is 2.03. The van der Waals surface area contributed by atoms with Crippen molar-refractivity contribution in [2.75, 3.05) is 36.5 Å². The lowest BCUT2D eigenvalue weighted by Gasteiger charge is -2.41. The first-order chi connectivity index (χ1) is 10.2. The van der Waals surface area contributed by atoms with Gasteiger partial charge >= 0.3 is 0 Å². The van der Waals surface area contributed by atoms with Gasteiger partial charge < -0.3 is 15.5 Å². The van der Waals surface area contributed by atoms with Gasteiger partial charge in [-0.15, -0.1) is 0 Å². The van der Waals surface area contributed by atoms with E-state index in [1.165, 1.54) is 22.5 Å². The average Bonchev–Trinajstić information content (AvgIpc) is 2.52. The van der Waals surface area contributed by atoms with Crippen LogP contribution in [-0.2, 0) is 0 Å². The predicted octanol–water partition coefficient (Wildman–Crippen LogP) is 2.95. The number of anilines is 2. The van der Waals surface area contributed by atoms with Crippen LogP contribution in [0.3, 0.4) is 0 Å². The molecule has 1 unspecified atom stereocenters. The van der Waals surface area contributed by atoms with Crippen molar-refractivity contribution in [3.8, 4) is 0 Å². The summed E-state index contributed by atoms with van der Waals surface area (Å²) < 4.78 is 0. The van der Waals surface area contributed by atoms with Crippen LogP contribution >= 0.6 is 0 Å². The minimum atomic E-state index is 0.237. The van der Waals surface area contributed by atoms with Crippen LogP contribution < -0.4 is 15.5 Å². The molecule has 1 aliphatic heterocycles. The molecule has 0 saturated carbocycles. The lowest BCUT2D eigenvalue weighted by atomic mass is 9.98. The van der Waals surface area contributed by atoms with E-state index in [9.17, 15) is 0 Å². The first kappa shape index (κ1) is 14.0. The van der Waals surface area contributed by atoms with Gasteiger partial charge in [0, 0.05) is 26.7 Å². The fourth-order valence-electron chi connectivity index (χ4n) is 3.23. The van der Waals surface area contributed by atoms with Crippen molar-refractivity contribution in [2.45, 2.75) is 13.0 Å². The highest BCUT2D eigenvalue weighted by molar-refractivity contribution is 5.73. The molecule has 1 atom stereocenters. The number of hydrogen-bond donors (Lipinski definition) is 1. The summed E-state index contributed by atoms with van der Waals surface area (Å²) in [7, 11) is 2.15. The number of para-hydroxylation sites is 2. The van der Waals surface area contributed by atoms with E-state index in [1.54, 1.807) is 0 Å². The number of fused-ring (bicyclic) bond motifs is 1. The van der Waals surface area contributed by atoms with Crippen molar-refractivity contribution in [3.63, 3.8) is 0 Å². The van der Waals surface area contributed by atoms with Crippen molar-refractivity contribution in [1.29, 1.82) is 0 Å². The molecule has 0 saturated heterocycles. The molecule has 3 heteroatoms. The molecule has 0 aromatic heterocycles. The lowest BCUT2D eigenvalue weighted by Crippen LogP contribution is -2.43. The van der Waals surface area contributed by atoms with Crippen molar-refractivity contribution in [2.24, 2.45) is 5.73 Å². The monoisotopic (exact) mass is 281 g/mol. The zero-order valence-corrected chi connectivity index (χ0v) is 12.8. The highest BCUT2D eigenvalue weighted by atomic mass is 15.3. The summed E-state index contributed by atoms with van der Waals surface area (Å²) in [5.41, 5.74) is 11.4. The fraction of sp³-hybridized carbons (Fsp3) is 0.333. The maximum Gasteiger partial charge on any atom is 0.0668 e. The van der Waals surface area contributed by atoms with E-state index in [2.05, 4.69) is 72.3 Å². The maximum atomic E-state index is 6.14. The highest BCUT2D eigenvalue weighted by Gasteiger charge is 2.27. The van der Waals surface area contributed by atoms with E-state index < -0.39 is 0 Å². The van der Waals surface area contributed by atoms with Gasteiger partial charge in [-0.2, -0.15) is 0 Å². The summed E-state index contributed by atoms with van der Waals surface area (Å²) in [4.78, 5) is 4.77. The number of hydrogen-bond acceptors (Lipinski definition) is 3. The number of benzene rings is 2. The number of likely N-dealkylation sites (N-methyl/N-ethyl adjacent to an activating group) is 1. The Hall–Kier alpha value is -2.00. The molecule has 1 aliphatic rings. The van der Waals surface area contributed by atoms with E-state index in [-0.39, 0.29) is 6.04 Å². The van der Waals surface area contributed by atoms with Gasteiger partial charge in [0.2, 0.25) is 0 Å². The van der Waals surface area contributed by atoms with Crippen LogP contribution in [-0.4, -0.2) is 26.7 Å². The van der Waals surface area contributed by atoms with Crippen LogP contribution in [0, 0.1) is 6.92 Å². The third-order valence-electron chi connectivity index (χ3n) is 4.43. The van der Waals surface area contributed by atoms with Crippen LogP contribution in [0.4, 0.5) is 11.4 Å². The summed E-state index contributed by atoms with van der Waals surface area (Å²) in [5, 5.41) is 0. The molecule has 21 heavy (non-hydrogen) atoms. The van der Waals surface area contributed by atoms with E-state index in [0.717, 1.165) is 13.1 Å². The Labute approximate surface area is 127 Å². The van der Waals surface area contributed by atoms with Gasteiger partial charge in [0.25, 0.3) is 0 Å². The number of nitrogens with two attached hydrogens (primary N) is 1. The molecule has 0 bridgehead atoms. The quantitative estimate of drug-likeness (QED) is 0.939. The van der Waals surface area contributed by atoms with E-state index in [0.29, 0.717) is 6.54 Å². The standard InChI is InChI=1S/C18H23N3/c1-14-7-3-4-8-15(14)18(13-19)21-12-11-20(2)16-9-5-6-10-17(16)21/h3-10,18H,11-13,19H2,1-2H3. The number of nitrogens with zero attached hydrogens (tertiary/aromatic N) is 2. The van der Waals surface area contributed by atoms with Gasteiger partial charge in [-0.05, 0) is 30.2 Å². The van der Waals surface area contributed by atoms with Crippen LogP contribution in [0.2, 0.25) is 0 Å². The second-order valence-corrected chi connectivity index (χ2v) is 5.71. The minimum Gasteiger partial charge on any atom is -0.371 e. The van der Waals surface area contributed by atoms with Gasteiger partial charge in [-0.1, -0.05) is 36.4 Å². The summed E-state index contributed by atoms with van der Waals surface area (Å²) in [6.07, 6.45) is 0. The normalized spacial score (nSPS) is 15.8. The zero-order valence-electron chi connectivity index (χ0n) is 12.8. The molecule has 0 amide bonds. The Kier molecular flexibility index (Phi) is 3.84. The predicted molar refractivity (Wildman–Crippen MR) is 90.0 cm³/mol. The lowest BCUT2D eigenvalue weighted by molar-refractivity contribution is 0.608. The minimum absolute atomic E-state index is 0.237. The number of rotatable bonds is 3. The van der Waals surface area contributed by atoms with Crippen molar-refractivity contribution < 1.29 is 0 Å². The zero-order chi connectivity index (χ0) is 14.8.